The molecule has 0 bridgehead atoms. The Hall–Kier alpha value is -1.57. The second-order valence-electron chi connectivity index (χ2n) is 4.03. The minimum absolute atomic E-state index is 0.176. The van der Waals surface area contributed by atoms with E-state index in [2.05, 4.69) is 15.8 Å². The van der Waals surface area contributed by atoms with Crippen molar-refractivity contribution in [2.45, 2.75) is 11.3 Å². The summed E-state index contributed by atoms with van der Waals surface area (Å²) in [4.78, 5) is 27.7. The number of halogens is 1. The van der Waals surface area contributed by atoms with Crippen LogP contribution in [0.4, 0.5) is 0 Å². The van der Waals surface area contributed by atoms with Crippen LogP contribution >= 0.6 is 34.7 Å². The first-order valence-corrected chi connectivity index (χ1v) is 8.19. The number of nitrogens with one attached hydrogen (secondary N) is 2. The predicted octanol–water partition coefficient (Wildman–Crippen LogP) is 2.66. The SMILES string of the molecule is Cc1csc(SCC(=O)NNC(=O)c2ccccc2Cl)n1. The van der Waals surface area contributed by atoms with Gasteiger partial charge in [0.15, 0.2) is 4.34 Å². The zero-order valence-electron chi connectivity index (χ0n) is 11.1. The van der Waals surface area contributed by atoms with Gasteiger partial charge >= 0.3 is 0 Å². The number of benzene rings is 1. The zero-order valence-corrected chi connectivity index (χ0v) is 13.4. The van der Waals surface area contributed by atoms with E-state index in [0.717, 1.165) is 10.0 Å². The van der Waals surface area contributed by atoms with Crippen molar-refractivity contribution in [1.82, 2.24) is 15.8 Å². The van der Waals surface area contributed by atoms with Crippen LogP contribution in [0.1, 0.15) is 16.1 Å². The molecule has 0 radical (unpaired) electrons. The molecule has 8 heteroatoms. The molecular formula is C13H12ClN3O2S2. The highest BCUT2D eigenvalue weighted by atomic mass is 35.5. The second kappa shape index (κ2) is 7.44. The molecule has 0 atom stereocenters. The summed E-state index contributed by atoms with van der Waals surface area (Å²) in [5.41, 5.74) is 5.91. The summed E-state index contributed by atoms with van der Waals surface area (Å²) in [6, 6.07) is 6.61. The largest absolute Gasteiger partial charge is 0.272 e. The molecule has 0 fully saturated rings. The third-order valence-corrected chi connectivity index (χ3v) is 4.83. The van der Waals surface area contributed by atoms with Gasteiger partial charge in [-0.1, -0.05) is 35.5 Å². The smallest absolute Gasteiger partial charge is 0.271 e. The van der Waals surface area contributed by atoms with Crippen LogP contribution in [0.5, 0.6) is 0 Å². The molecule has 0 saturated heterocycles. The fraction of sp³-hybridized carbons (Fsp3) is 0.154. The Bertz CT molecular complexity index is 660. The fourth-order valence-electron chi connectivity index (χ4n) is 1.40. The minimum Gasteiger partial charge on any atom is -0.272 e. The van der Waals surface area contributed by atoms with Gasteiger partial charge in [0.25, 0.3) is 5.91 Å². The molecule has 1 aromatic heterocycles. The molecule has 21 heavy (non-hydrogen) atoms. The highest BCUT2D eigenvalue weighted by Crippen LogP contribution is 2.21. The molecule has 2 amide bonds. The number of nitrogens with zero attached hydrogens (tertiary/aromatic N) is 1. The van der Waals surface area contributed by atoms with Crippen LogP contribution in [0.15, 0.2) is 34.0 Å². The van der Waals surface area contributed by atoms with Gasteiger partial charge < -0.3 is 0 Å². The first kappa shape index (κ1) is 15.8. The summed E-state index contributed by atoms with van der Waals surface area (Å²) >= 11 is 8.69. The van der Waals surface area contributed by atoms with Gasteiger partial charge in [-0.15, -0.1) is 11.3 Å². The molecule has 1 aromatic carbocycles. The summed E-state index contributed by atoms with van der Waals surface area (Å²) in [7, 11) is 0. The van der Waals surface area contributed by atoms with Crippen LogP contribution in [0.2, 0.25) is 5.02 Å². The molecule has 5 nitrogen and oxygen atoms in total. The predicted molar refractivity (Wildman–Crippen MR) is 84.6 cm³/mol. The Morgan fingerprint density at radius 1 is 1.33 bits per heavy atom. The topological polar surface area (TPSA) is 71.1 Å². The van der Waals surface area contributed by atoms with E-state index in [1.54, 1.807) is 24.3 Å². The van der Waals surface area contributed by atoms with Gasteiger partial charge in [-0.25, -0.2) is 4.98 Å². The van der Waals surface area contributed by atoms with E-state index in [-0.39, 0.29) is 11.7 Å². The summed E-state index contributed by atoms with van der Waals surface area (Å²) in [6.07, 6.45) is 0. The number of rotatable bonds is 4. The number of carbonyl (C=O) groups excluding carboxylic acids is 2. The molecule has 0 aliphatic rings. The minimum atomic E-state index is -0.455. The molecule has 1 heterocycles. The molecule has 2 N–H and O–H groups in total. The Morgan fingerprint density at radius 2 is 2.10 bits per heavy atom. The van der Waals surface area contributed by atoms with E-state index in [4.69, 9.17) is 11.6 Å². The number of aryl methyl sites for hydroxylation is 1. The normalized spacial score (nSPS) is 10.2. The molecular weight excluding hydrogens is 330 g/mol. The monoisotopic (exact) mass is 341 g/mol. The zero-order chi connectivity index (χ0) is 15.2. The average Bonchev–Trinajstić information content (AvgIpc) is 2.89. The standard InChI is InChI=1S/C13H12ClN3O2S2/c1-8-6-20-13(15-8)21-7-11(18)16-17-12(19)9-4-2-3-5-10(9)14/h2-6H,7H2,1H3,(H,16,18)(H,17,19). The number of carbonyl (C=O) groups is 2. The Kier molecular flexibility index (Phi) is 5.60. The van der Waals surface area contributed by atoms with Crippen LogP contribution in [-0.2, 0) is 4.79 Å². The van der Waals surface area contributed by atoms with E-state index in [1.165, 1.54) is 23.1 Å². The molecule has 0 aliphatic heterocycles. The van der Waals surface area contributed by atoms with Gasteiger partial charge in [0.2, 0.25) is 5.91 Å². The van der Waals surface area contributed by atoms with E-state index < -0.39 is 5.91 Å². The molecule has 0 saturated carbocycles. The Morgan fingerprint density at radius 3 is 2.76 bits per heavy atom. The molecule has 0 unspecified atom stereocenters. The van der Waals surface area contributed by atoms with Crippen molar-refractivity contribution in [3.8, 4) is 0 Å². The second-order valence-corrected chi connectivity index (χ2v) is 6.51. The summed E-state index contributed by atoms with van der Waals surface area (Å²) in [5.74, 6) is -0.590. The number of amides is 2. The number of hydrogen-bond donors (Lipinski definition) is 2. The van der Waals surface area contributed by atoms with Crippen LogP contribution in [0.3, 0.4) is 0 Å². The summed E-state index contributed by atoms with van der Waals surface area (Å²) in [6.45, 7) is 1.89. The summed E-state index contributed by atoms with van der Waals surface area (Å²) < 4.78 is 0.820. The van der Waals surface area contributed by atoms with E-state index >= 15 is 0 Å². The third kappa shape index (κ3) is 4.73. The van der Waals surface area contributed by atoms with Gasteiger partial charge in [-0.05, 0) is 19.1 Å². The van der Waals surface area contributed by atoms with Crippen molar-refractivity contribution in [1.29, 1.82) is 0 Å². The summed E-state index contributed by atoms with van der Waals surface area (Å²) in [5, 5.41) is 2.25. The quantitative estimate of drug-likeness (QED) is 0.662. The number of hydrazine groups is 1. The maximum absolute atomic E-state index is 11.8. The van der Waals surface area contributed by atoms with E-state index in [0.29, 0.717) is 10.6 Å². The molecule has 2 rings (SSSR count). The highest BCUT2D eigenvalue weighted by molar-refractivity contribution is 8.01. The number of aromatic nitrogens is 1. The van der Waals surface area contributed by atoms with E-state index in [9.17, 15) is 9.59 Å². The third-order valence-electron chi connectivity index (χ3n) is 2.36. The van der Waals surface area contributed by atoms with Crippen LogP contribution < -0.4 is 10.9 Å². The van der Waals surface area contributed by atoms with Crippen LogP contribution in [0.25, 0.3) is 0 Å². The lowest BCUT2D eigenvalue weighted by Crippen LogP contribution is -2.42. The highest BCUT2D eigenvalue weighted by Gasteiger charge is 2.11. The average molecular weight is 342 g/mol. The Labute approximate surface area is 135 Å². The number of thiazole rings is 1. The van der Waals surface area contributed by atoms with Gasteiger partial charge in [0, 0.05) is 11.1 Å². The van der Waals surface area contributed by atoms with Gasteiger partial charge in [0.1, 0.15) is 0 Å². The maximum Gasteiger partial charge on any atom is 0.271 e. The van der Waals surface area contributed by atoms with Gasteiger partial charge in [0.05, 0.1) is 16.3 Å². The lowest BCUT2D eigenvalue weighted by Gasteiger charge is -2.07. The molecule has 0 spiro atoms. The number of thioether (sulfide) groups is 1. The van der Waals surface area contributed by atoms with Crippen LogP contribution in [0, 0.1) is 6.92 Å². The lowest BCUT2D eigenvalue weighted by molar-refractivity contribution is -0.119. The van der Waals surface area contributed by atoms with Crippen LogP contribution in [-0.4, -0.2) is 22.6 Å². The fourth-order valence-corrected chi connectivity index (χ4v) is 3.27. The Balaban J connectivity index is 1.79. The molecule has 2 aromatic rings. The van der Waals surface area contributed by atoms with Gasteiger partial charge in [-0.2, -0.15) is 0 Å². The maximum atomic E-state index is 11.8. The van der Waals surface area contributed by atoms with Crippen molar-refractivity contribution < 1.29 is 9.59 Å². The van der Waals surface area contributed by atoms with Crippen molar-refractivity contribution in [2.75, 3.05) is 5.75 Å². The lowest BCUT2D eigenvalue weighted by atomic mass is 10.2. The number of hydrogen-bond acceptors (Lipinski definition) is 5. The first-order valence-electron chi connectivity index (χ1n) is 5.95. The van der Waals surface area contributed by atoms with Crippen molar-refractivity contribution in [3.63, 3.8) is 0 Å². The van der Waals surface area contributed by atoms with Crippen molar-refractivity contribution in [2.24, 2.45) is 0 Å². The van der Waals surface area contributed by atoms with Crippen molar-refractivity contribution >= 4 is 46.5 Å². The first-order chi connectivity index (χ1) is 10.1. The molecule has 0 aliphatic carbocycles. The van der Waals surface area contributed by atoms with Gasteiger partial charge in [-0.3, -0.25) is 20.4 Å². The van der Waals surface area contributed by atoms with Crippen molar-refractivity contribution in [3.05, 3.63) is 45.9 Å². The molecule has 110 valence electrons. The van der Waals surface area contributed by atoms with E-state index in [1.807, 2.05) is 12.3 Å².